The number of nitrogens with zero attached hydrogens (tertiary/aromatic N) is 4. The molecule has 0 spiro atoms. The number of likely N-dealkylation sites (N-methyl/N-ethyl adjacent to an activating group) is 1. The van der Waals surface area contributed by atoms with Gasteiger partial charge in [0.15, 0.2) is 0 Å². The van der Waals surface area contributed by atoms with E-state index in [1.165, 1.54) is 17.1 Å². The summed E-state index contributed by atoms with van der Waals surface area (Å²) in [6.07, 6.45) is -0.351. The first kappa shape index (κ1) is 26.4. The quantitative estimate of drug-likeness (QED) is 0.530. The molecule has 39 heavy (non-hydrogen) atoms. The number of hydrogen-bond acceptors (Lipinski definition) is 4. The van der Waals surface area contributed by atoms with Gasteiger partial charge < -0.3 is 15.1 Å². The molecular formula is C30H32FN5O3. The number of nitrogens with one attached hydrogen (secondary N) is 1. The van der Waals surface area contributed by atoms with Crippen LogP contribution in [0, 0.1) is 5.82 Å². The van der Waals surface area contributed by atoms with Crippen molar-refractivity contribution in [2.24, 2.45) is 0 Å². The Morgan fingerprint density at radius 2 is 1.59 bits per heavy atom. The van der Waals surface area contributed by atoms with E-state index in [9.17, 15) is 18.8 Å². The number of hydrazine groups is 1. The molecule has 3 atom stereocenters. The number of carbonyl (C=O) groups is 3. The molecular weight excluding hydrogens is 497 g/mol. The van der Waals surface area contributed by atoms with E-state index in [2.05, 4.69) is 5.32 Å². The number of urea groups is 1. The molecule has 3 aromatic rings. The number of fused-ring (bicyclic) bond motifs is 1. The van der Waals surface area contributed by atoms with Gasteiger partial charge in [-0.3, -0.25) is 9.59 Å². The standard InChI is InChI=1S/C30H32FN5O3/c1-21(24-11-7-4-8-12-24)34-19-27-35(26(29(34)38)17-22-9-5-3-6-10-22)28(37)20-33(2)36(27)30(39)32-18-23-13-15-25(31)16-14-23/h3-16,21,26-27H,17-20H2,1-2H3,(H,32,39)/t21-,26-,27-/m0/s1. The van der Waals surface area contributed by atoms with Gasteiger partial charge in [-0.1, -0.05) is 72.8 Å². The summed E-state index contributed by atoms with van der Waals surface area (Å²) in [5.74, 6) is -0.693. The average molecular weight is 530 g/mol. The Morgan fingerprint density at radius 3 is 2.26 bits per heavy atom. The van der Waals surface area contributed by atoms with Gasteiger partial charge in [-0.15, -0.1) is 0 Å². The van der Waals surface area contributed by atoms with Crippen LogP contribution >= 0.6 is 0 Å². The third kappa shape index (κ3) is 5.49. The number of piperazine rings is 1. The summed E-state index contributed by atoms with van der Waals surface area (Å²) in [5, 5.41) is 6.03. The van der Waals surface area contributed by atoms with Gasteiger partial charge in [-0.05, 0) is 35.7 Å². The van der Waals surface area contributed by atoms with Crippen molar-refractivity contribution in [3.8, 4) is 0 Å². The van der Waals surface area contributed by atoms with Crippen LogP contribution in [0.5, 0.6) is 0 Å². The maximum absolute atomic E-state index is 14.0. The van der Waals surface area contributed by atoms with Crippen LogP contribution < -0.4 is 5.32 Å². The van der Waals surface area contributed by atoms with Crippen molar-refractivity contribution in [1.29, 1.82) is 0 Å². The second kappa shape index (κ2) is 11.2. The second-order valence-corrected chi connectivity index (χ2v) is 10.0. The van der Waals surface area contributed by atoms with Crippen LogP contribution in [0.2, 0.25) is 0 Å². The van der Waals surface area contributed by atoms with Crippen LogP contribution in [0.15, 0.2) is 84.9 Å². The lowest BCUT2D eigenvalue weighted by Gasteiger charge is -2.55. The Labute approximate surface area is 227 Å². The molecule has 1 N–H and O–H groups in total. The summed E-state index contributed by atoms with van der Waals surface area (Å²) in [7, 11) is 1.69. The van der Waals surface area contributed by atoms with Crippen LogP contribution in [0.1, 0.15) is 29.7 Å². The minimum absolute atomic E-state index is 0.0344. The van der Waals surface area contributed by atoms with Crippen molar-refractivity contribution in [3.63, 3.8) is 0 Å². The van der Waals surface area contributed by atoms with E-state index in [1.807, 2.05) is 67.6 Å². The SMILES string of the molecule is C[C@@H](c1ccccc1)N1C[C@H]2N(C(=O)CN(C)N2C(=O)NCc2ccc(F)cc2)[C@@H](Cc2ccccc2)C1=O. The third-order valence-electron chi connectivity index (χ3n) is 7.47. The summed E-state index contributed by atoms with van der Waals surface area (Å²) in [6, 6.07) is 23.9. The lowest BCUT2D eigenvalue weighted by atomic mass is 9.96. The van der Waals surface area contributed by atoms with Crippen LogP contribution in [-0.4, -0.2) is 70.0 Å². The highest BCUT2D eigenvalue weighted by molar-refractivity contribution is 5.92. The Kier molecular flexibility index (Phi) is 7.60. The van der Waals surface area contributed by atoms with E-state index in [4.69, 9.17) is 0 Å². The van der Waals surface area contributed by atoms with Crippen molar-refractivity contribution in [1.82, 2.24) is 25.1 Å². The zero-order valence-corrected chi connectivity index (χ0v) is 22.0. The molecule has 2 saturated heterocycles. The van der Waals surface area contributed by atoms with Gasteiger partial charge in [-0.25, -0.2) is 19.2 Å². The molecule has 0 radical (unpaired) electrons. The highest BCUT2D eigenvalue weighted by Gasteiger charge is 2.51. The van der Waals surface area contributed by atoms with Crippen LogP contribution in [-0.2, 0) is 22.6 Å². The van der Waals surface area contributed by atoms with Crippen molar-refractivity contribution in [3.05, 3.63) is 107 Å². The number of hydrogen-bond donors (Lipinski definition) is 1. The molecule has 3 aromatic carbocycles. The number of amides is 4. The van der Waals surface area contributed by atoms with Gasteiger partial charge in [0.2, 0.25) is 11.8 Å². The van der Waals surface area contributed by atoms with Gasteiger partial charge in [0.1, 0.15) is 18.0 Å². The lowest BCUT2D eigenvalue weighted by Crippen LogP contribution is -2.76. The highest BCUT2D eigenvalue weighted by atomic mass is 19.1. The zero-order valence-electron chi connectivity index (χ0n) is 22.0. The fourth-order valence-corrected chi connectivity index (χ4v) is 5.42. The third-order valence-corrected chi connectivity index (χ3v) is 7.47. The summed E-state index contributed by atoms with van der Waals surface area (Å²) in [4.78, 5) is 44.4. The topological polar surface area (TPSA) is 76.2 Å². The van der Waals surface area contributed by atoms with Crippen LogP contribution in [0.25, 0.3) is 0 Å². The molecule has 0 aromatic heterocycles. The predicted octanol–water partition coefficient (Wildman–Crippen LogP) is 3.57. The van der Waals surface area contributed by atoms with Crippen molar-refractivity contribution >= 4 is 17.8 Å². The Bertz CT molecular complexity index is 1320. The normalized spacial score (nSPS) is 20.5. The van der Waals surface area contributed by atoms with E-state index in [0.717, 1.165) is 16.7 Å². The van der Waals surface area contributed by atoms with E-state index in [-0.39, 0.29) is 43.3 Å². The van der Waals surface area contributed by atoms with E-state index in [0.29, 0.717) is 6.42 Å². The summed E-state index contributed by atoms with van der Waals surface area (Å²) in [5.41, 5.74) is 2.65. The molecule has 8 nitrogen and oxygen atoms in total. The molecule has 0 bridgehead atoms. The monoisotopic (exact) mass is 529 g/mol. The second-order valence-electron chi connectivity index (χ2n) is 10.0. The number of benzene rings is 3. The maximum atomic E-state index is 14.0. The first-order valence-corrected chi connectivity index (χ1v) is 13.1. The molecule has 0 unspecified atom stereocenters. The average Bonchev–Trinajstić information content (AvgIpc) is 2.94. The first-order valence-electron chi connectivity index (χ1n) is 13.1. The minimum Gasteiger partial charge on any atom is -0.333 e. The van der Waals surface area contributed by atoms with E-state index in [1.54, 1.807) is 34.0 Å². The van der Waals surface area contributed by atoms with Gasteiger partial charge in [0, 0.05) is 20.0 Å². The minimum atomic E-state index is -0.758. The van der Waals surface area contributed by atoms with E-state index < -0.39 is 18.2 Å². The summed E-state index contributed by atoms with van der Waals surface area (Å²) >= 11 is 0. The fourth-order valence-electron chi connectivity index (χ4n) is 5.42. The molecule has 2 aliphatic heterocycles. The highest BCUT2D eigenvalue weighted by Crippen LogP contribution is 2.32. The van der Waals surface area contributed by atoms with Gasteiger partial charge in [0.05, 0.1) is 19.1 Å². The molecule has 0 saturated carbocycles. The van der Waals surface area contributed by atoms with E-state index >= 15 is 0 Å². The molecule has 2 aliphatic rings. The number of rotatable bonds is 6. The van der Waals surface area contributed by atoms with Crippen molar-refractivity contribution in [2.45, 2.75) is 38.1 Å². The van der Waals surface area contributed by atoms with Gasteiger partial charge in [0.25, 0.3) is 0 Å². The summed E-state index contributed by atoms with van der Waals surface area (Å²) < 4.78 is 13.3. The van der Waals surface area contributed by atoms with Crippen LogP contribution in [0.3, 0.4) is 0 Å². The molecule has 5 rings (SSSR count). The Morgan fingerprint density at radius 1 is 0.949 bits per heavy atom. The largest absolute Gasteiger partial charge is 0.334 e. The van der Waals surface area contributed by atoms with Crippen molar-refractivity contribution in [2.75, 3.05) is 20.1 Å². The van der Waals surface area contributed by atoms with Gasteiger partial charge in [-0.2, -0.15) is 0 Å². The fraction of sp³-hybridized carbons (Fsp3) is 0.300. The molecule has 0 aliphatic carbocycles. The summed E-state index contributed by atoms with van der Waals surface area (Å²) in [6.45, 7) is 2.30. The van der Waals surface area contributed by atoms with Crippen molar-refractivity contribution < 1.29 is 18.8 Å². The Hall–Kier alpha value is -4.24. The number of carbonyl (C=O) groups excluding carboxylic acids is 3. The maximum Gasteiger partial charge on any atom is 0.334 e. The smallest absolute Gasteiger partial charge is 0.333 e. The van der Waals surface area contributed by atoms with Gasteiger partial charge >= 0.3 is 6.03 Å². The predicted molar refractivity (Wildman–Crippen MR) is 144 cm³/mol. The Balaban J connectivity index is 1.47. The molecule has 202 valence electrons. The lowest BCUT2D eigenvalue weighted by molar-refractivity contribution is -0.189. The van der Waals surface area contributed by atoms with Crippen LogP contribution in [0.4, 0.5) is 9.18 Å². The zero-order chi connectivity index (χ0) is 27.5. The number of halogens is 1. The molecule has 9 heteroatoms. The molecule has 4 amide bonds. The molecule has 2 fully saturated rings. The molecule has 2 heterocycles. The first-order chi connectivity index (χ1) is 18.8.